The van der Waals surface area contributed by atoms with Crippen LogP contribution in [0, 0.1) is 0 Å². The number of hydrogen-bond donors (Lipinski definition) is 2. The van der Waals surface area contributed by atoms with E-state index in [1.165, 1.54) is 17.8 Å². The van der Waals surface area contributed by atoms with Gasteiger partial charge in [0.05, 0.1) is 4.88 Å². The Balaban J connectivity index is 1.57. The number of benzene rings is 1. The SMILES string of the molecule is O=C(COC(=O)[C@@H](Cc1ccccc1)NC(=O)c1cccs1)NC1CCCCC1. The molecule has 7 heteroatoms. The molecule has 1 atom stereocenters. The van der Waals surface area contributed by atoms with Crippen molar-refractivity contribution in [3.63, 3.8) is 0 Å². The molecular weight excluding hydrogens is 388 g/mol. The molecule has 1 aromatic heterocycles. The number of esters is 1. The van der Waals surface area contributed by atoms with E-state index in [1.54, 1.807) is 17.5 Å². The fraction of sp³-hybridized carbons (Fsp3) is 0.409. The predicted octanol–water partition coefficient (Wildman–Crippen LogP) is 3.08. The van der Waals surface area contributed by atoms with Crippen LogP contribution in [0.1, 0.15) is 47.3 Å². The van der Waals surface area contributed by atoms with E-state index in [2.05, 4.69) is 10.6 Å². The van der Waals surface area contributed by atoms with Gasteiger partial charge in [-0.05, 0) is 29.9 Å². The molecule has 6 nitrogen and oxygen atoms in total. The molecule has 1 aliphatic carbocycles. The summed E-state index contributed by atoms with van der Waals surface area (Å²) in [5.74, 6) is -1.24. The smallest absolute Gasteiger partial charge is 0.329 e. The number of amides is 2. The fourth-order valence-electron chi connectivity index (χ4n) is 3.43. The molecule has 2 aromatic rings. The molecule has 0 spiro atoms. The second-order valence-electron chi connectivity index (χ2n) is 7.20. The highest BCUT2D eigenvalue weighted by Gasteiger charge is 2.25. The Labute approximate surface area is 174 Å². The van der Waals surface area contributed by atoms with Gasteiger partial charge in [0.2, 0.25) is 0 Å². The summed E-state index contributed by atoms with van der Waals surface area (Å²) in [6, 6.07) is 12.2. The summed E-state index contributed by atoms with van der Waals surface area (Å²) in [7, 11) is 0. The van der Waals surface area contributed by atoms with Crippen LogP contribution in [0.2, 0.25) is 0 Å². The van der Waals surface area contributed by atoms with Crippen molar-refractivity contribution < 1.29 is 19.1 Å². The van der Waals surface area contributed by atoms with Crippen LogP contribution in [0.15, 0.2) is 47.8 Å². The first-order valence-corrected chi connectivity index (χ1v) is 10.8. The molecule has 2 amide bonds. The third kappa shape index (κ3) is 6.71. The number of ether oxygens (including phenoxy) is 1. The molecule has 2 N–H and O–H groups in total. The first kappa shape index (κ1) is 21.0. The van der Waals surface area contributed by atoms with Gasteiger partial charge in [0, 0.05) is 12.5 Å². The third-order valence-electron chi connectivity index (χ3n) is 4.93. The second-order valence-corrected chi connectivity index (χ2v) is 8.15. The van der Waals surface area contributed by atoms with Crippen LogP contribution in [0.25, 0.3) is 0 Å². The van der Waals surface area contributed by atoms with Crippen LogP contribution < -0.4 is 10.6 Å². The van der Waals surface area contributed by atoms with Crippen molar-refractivity contribution in [2.75, 3.05) is 6.61 Å². The minimum Gasteiger partial charge on any atom is -0.454 e. The van der Waals surface area contributed by atoms with Gasteiger partial charge in [-0.2, -0.15) is 0 Å². The molecule has 1 saturated carbocycles. The van der Waals surface area contributed by atoms with E-state index >= 15 is 0 Å². The van der Waals surface area contributed by atoms with Crippen molar-refractivity contribution in [2.24, 2.45) is 0 Å². The Morgan fingerprint density at radius 2 is 1.79 bits per heavy atom. The fourth-order valence-corrected chi connectivity index (χ4v) is 4.06. The molecule has 1 fully saturated rings. The molecule has 1 aromatic carbocycles. The van der Waals surface area contributed by atoms with Gasteiger partial charge in [0.1, 0.15) is 6.04 Å². The largest absolute Gasteiger partial charge is 0.454 e. The summed E-state index contributed by atoms with van der Waals surface area (Å²) < 4.78 is 5.24. The van der Waals surface area contributed by atoms with Gasteiger partial charge in [-0.1, -0.05) is 55.7 Å². The first-order valence-electron chi connectivity index (χ1n) is 9.96. The summed E-state index contributed by atoms with van der Waals surface area (Å²) in [6.07, 6.45) is 5.64. The molecule has 1 heterocycles. The molecular formula is C22H26N2O4S. The highest BCUT2D eigenvalue weighted by atomic mass is 32.1. The lowest BCUT2D eigenvalue weighted by molar-refractivity contribution is -0.150. The Hall–Kier alpha value is -2.67. The van der Waals surface area contributed by atoms with Crippen molar-refractivity contribution >= 4 is 29.1 Å². The maximum atomic E-state index is 12.6. The van der Waals surface area contributed by atoms with E-state index in [1.807, 2.05) is 30.3 Å². The Kier molecular flexibility index (Phi) is 7.81. The van der Waals surface area contributed by atoms with E-state index in [0.29, 0.717) is 11.3 Å². The van der Waals surface area contributed by atoms with Gasteiger partial charge in [-0.3, -0.25) is 9.59 Å². The van der Waals surface area contributed by atoms with Gasteiger partial charge in [-0.15, -0.1) is 11.3 Å². The van der Waals surface area contributed by atoms with Gasteiger partial charge < -0.3 is 15.4 Å². The average Bonchev–Trinajstić information content (AvgIpc) is 3.28. The van der Waals surface area contributed by atoms with Crippen LogP contribution >= 0.6 is 11.3 Å². The lowest BCUT2D eigenvalue weighted by Crippen LogP contribution is -2.45. The van der Waals surface area contributed by atoms with Crippen molar-refractivity contribution in [1.82, 2.24) is 10.6 Å². The van der Waals surface area contributed by atoms with E-state index in [9.17, 15) is 14.4 Å². The zero-order chi connectivity index (χ0) is 20.5. The Bertz CT molecular complexity index is 801. The Morgan fingerprint density at radius 1 is 1.03 bits per heavy atom. The molecule has 0 bridgehead atoms. The maximum Gasteiger partial charge on any atom is 0.329 e. The topological polar surface area (TPSA) is 84.5 Å². The predicted molar refractivity (Wildman–Crippen MR) is 112 cm³/mol. The molecule has 29 heavy (non-hydrogen) atoms. The lowest BCUT2D eigenvalue weighted by atomic mass is 9.95. The third-order valence-corrected chi connectivity index (χ3v) is 5.80. The van der Waals surface area contributed by atoms with Crippen LogP contribution in [0.4, 0.5) is 0 Å². The number of rotatable bonds is 8. The zero-order valence-electron chi connectivity index (χ0n) is 16.3. The van der Waals surface area contributed by atoms with Crippen molar-refractivity contribution in [2.45, 2.75) is 50.6 Å². The van der Waals surface area contributed by atoms with E-state index in [4.69, 9.17) is 4.74 Å². The number of carbonyl (C=O) groups is 3. The van der Waals surface area contributed by atoms with Gasteiger partial charge in [0.15, 0.2) is 6.61 Å². The molecule has 0 saturated heterocycles. The van der Waals surface area contributed by atoms with Crippen molar-refractivity contribution in [1.29, 1.82) is 0 Å². The highest BCUT2D eigenvalue weighted by molar-refractivity contribution is 7.12. The monoisotopic (exact) mass is 414 g/mol. The summed E-state index contributed by atoms with van der Waals surface area (Å²) in [4.78, 5) is 37.7. The standard InChI is InChI=1S/C22H26N2O4S/c25-20(23-17-10-5-2-6-11-17)15-28-22(27)18(14-16-8-3-1-4-9-16)24-21(26)19-12-7-13-29-19/h1,3-4,7-9,12-13,17-18H,2,5-6,10-11,14-15H2,(H,23,25)(H,24,26)/t18-/m1/s1. The normalized spacial score (nSPS) is 15.3. The molecule has 0 aliphatic heterocycles. The number of nitrogens with one attached hydrogen (secondary N) is 2. The van der Waals surface area contributed by atoms with Crippen LogP contribution in [-0.4, -0.2) is 36.5 Å². The number of carbonyl (C=O) groups excluding carboxylic acids is 3. The van der Waals surface area contributed by atoms with Crippen LogP contribution in [0.5, 0.6) is 0 Å². The quantitative estimate of drug-likeness (QED) is 0.650. The summed E-state index contributed by atoms with van der Waals surface area (Å²) in [5.41, 5.74) is 0.896. The second kappa shape index (κ2) is 10.8. The molecule has 1 aliphatic rings. The lowest BCUT2D eigenvalue weighted by Gasteiger charge is -2.23. The molecule has 0 unspecified atom stereocenters. The average molecular weight is 415 g/mol. The minimum absolute atomic E-state index is 0.161. The van der Waals surface area contributed by atoms with Gasteiger partial charge >= 0.3 is 5.97 Å². The number of hydrogen-bond acceptors (Lipinski definition) is 5. The van der Waals surface area contributed by atoms with E-state index in [-0.39, 0.29) is 24.5 Å². The van der Waals surface area contributed by atoms with Crippen molar-refractivity contribution in [3.8, 4) is 0 Å². The summed E-state index contributed by atoms with van der Waals surface area (Å²) in [6.45, 7) is -0.338. The zero-order valence-corrected chi connectivity index (χ0v) is 17.1. The van der Waals surface area contributed by atoms with Gasteiger partial charge in [-0.25, -0.2) is 4.79 Å². The minimum atomic E-state index is -0.866. The molecule has 154 valence electrons. The molecule has 3 rings (SSSR count). The maximum absolute atomic E-state index is 12.6. The van der Waals surface area contributed by atoms with Gasteiger partial charge in [0.25, 0.3) is 11.8 Å². The first-order chi connectivity index (χ1) is 14.1. The summed E-state index contributed by atoms with van der Waals surface area (Å²) in [5, 5.41) is 7.46. The summed E-state index contributed by atoms with van der Waals surface area (Å²) >= 11 is 1.30. The molecule has 0 radical (unpaired) electrons. The Morgan fingerprint density at radius 3 is 2.48 bits per heavy atom. The van der Waals surface area contributed by atoms with Crippen LogP contribution in [0.3, 0.4) is 0 Å². The van der Waals surface area contributed by atoms with E-state index < -0.39 is 12.0 Å². The van der Waals surface area contributed by atoms with Crippen LogP contribution in [-0.2, 0) is 20.7 Å². The highest BCUT2D eigenvalue weighted by Crippen LogP contribution is 2.17. The van der Waals surface area contributed by atoms with Crippen molar-refractivity contribution in [3.05, 3.63) is 58.3 Å². The van der Waals surface area contributed by atoms with E-state index in [0.717, 1.165) is 31.2 Å². The number of thiophene rings is 1.